The maximum atomic E-state index is 13.2. The number of aromatic nitrogens is 2. The summed E-state index contributed by atoms with van der Waals surface area (Å²) in [6.07, 6.45) is -0.700. The van der Waals surface area contributed by atoms with E-state index in [9.17, 15) is 9.59 Å². The number of nitrogens with zero attached hydrogens (tertiary/aromatic N) is 2. The smallest absolute Gasteiger partial charge is 0.413 e. The van der Waals surface area contributed by atoms with E-state index in [0.29, 0.717) is 28.1 Å². The van der Waals surface area contributed by atoms with Crippen LogP contribution in [0.1, 0.15) is 6.92 Å². The molecular weight excluding hydrogens is 350 g/mol. The number of methoxy groups -OCH3 is 2. The predicted octanol–water partition coefficient (Wildman–Crippen LogP) is 2.97. The molecule has 0 aliphatic rings. The van der Waals surface area contributed by atoms with Crippen LogP contribution in [0.5, 0.6) is 11.5 Å². The van der Waals surface area contributed by atoms with E-state index in [0.717, 1.165) is 0 Å². The van der Waals surface area contributed by atoms with E-state index in [2.05, 4.69) is 10.3 Å². The Morgan fingerprint density at radius 2 is 1.78 bits per heavy atom. The van der Waals surface area contributed by atoms with Crippen LogP contribution in [-0.2, 0) is 4.74 Å². The fourth-order valence-corrected chi connectivity index (χ4v) is 2.67. The van der Waals surface area contributed by atoms with Crippen LogP contribution >= 0.6 is 0 Å². The van der Waals surface area contributed by atoms with E-state index in [1.165, 1.54) is 18.8 Å². The maximum absolute atomic E-state index is 13.2. The maximum Gasteiger partial charge on any atom is 0.413 e. The normalized spacial score (nSPS) is 10.5. The highest BCUT2D eigenvalue weighted by Gasteiger charge is 2.18. The number of ether oxygens (including phenoxy) is 3. The summed E-state index contributed by atoms with van der Waals surface area (Å²) in [6, 6.07) is 12.0. The lowest BCUT2D eigenvalue weighted by atomic mass is 10.2. The van der Waals surface area contributed by atoms with Gasteiger partial charge in [0.05, 0.1) is 37.4 Å². The molecule has 140 valence electrons. The van der Waals surface area contributed by atoms with Crippen LogP contribution in [0.25, 0.3) is 16.6 Å². The number of hydrogen-bond acceptors (Lipinski definition) is 6. The summed E-state index contributed by atoms with van der Waals surface area (Å²) in [5.41, 5.74) is 0.550. The molecule has 1 amide bonds. The van der Waals surface area contributed by atoms with Gasteiger partial charge >= 0.3 is 6.09 Å². The Morgan fingerprint density at radius 3 is 2.41 bits per heavy atom. The summed E-state index contributed by atoms with van der Waals surface area (Å²) in [7, 11) is 2.98. The Hall–Kier alpha value is -3.55. The molecule has 3 rings (SSSR count). The SMILES string of the molecule is CCOC(=O)Nc1nc2cc(OC)c(OC)cc2c(=O)n1-c1ccccc1. The molecule has 27 heavy (non-hydrogen) atoms. The minimum Gasteiger partial charge on any atom is -0.493 e. The van der Waals surface area contributed by atoms with Crippen molar-refractivity contribution in [2.24, 2.45) is 0 Å². The number of hydrogen-bond donors (Lipinski definition) is 1. The van der Waals surface area contributed by atoms with Gasteiger partial charge < -0.3 is 14.2 Å². The van der Waals surface area contributed by atoms with Crippen LogP contribution in [0.2, 0.25) is 0 Å². The first kappa shape index (κ1) is 18.2. The molecule has 0 aliphatic carbocycles. The second-order valence-corrected chi connectivity index (χ2v) is 5.48. The molecule has 1 aromatic heterocycles. The van der Waals surface area contributed by atoms with Crippen molar-refractivity contribution >= 4 is 22.9 Å². The van der Waals surface area contributed by atoms with E-state index in [1.807, 2.05) is 6.07 Å². The number of carbonyl (C=O) groups excluding carboxylic acids is 1. The number of fused-ring (bicyclic) bond motifs is 1. The summed E-state index contributed by atoms with van der Waals surface area (Å²) >= 11 is 0. The van der Waals surface area contributed by atoms with Crippen molar-refractivity contribution in [1.82, 2.24) is 9.55 Å². The number of carbonyl (C=O) groups is 1. The van der Waals surface area contributed by atoms with Gasteiger partial charge in [0.1, 0.15) is 0 Å². The van der Waals surface area contributed by atoms with Gasteiger partial charge in [0.25, 0.3) is 5.56 Å². The standard InChI is InChI=1S/C19H19N3O5/c1-4-27-19(24)21-18-20-14-11-16(26-3)15(25-2)10-13(14)17(23)22(18)12-8-6-5-7-9-12/h5-11H,4H2,1-3H3,(H,20,21,24). The van der Waals surface area contributed by atoms with Crippen molar-refractivity contribution in [2.45, 2.75) is 6.92 Å². The molecule has 1 heterocycles. The van der Waals surface area contributed by atoms with Gasteiger partial charge in [0, 0.05) is 6.07 Å². The third-order valence-electron chi connectivity index (χ3n) is 3.88. The van der Waals surface area contributed by atoms with E-state index in [4.69, 9.17) is 14.2 Å². The monoisotopic (exact) mass is 369 g/mol. The van der Waals surface area contributed by atoms with Crippen molar-refractivity contribution < 1.29 is 19.0 Å². The third-order valence-corrected chi connectivity index (χ3v) is 3.88. The van der Waals surface area contributed by atoms with Gasteiger partial charge in [-0.25, -0.2) is 14.3 Å². The molecular formula is C19H19N3O5. The number of anilines is 1. The third kappa shape index (κ3) is 3.55. The zero-order valence-electron chi connectivity index (χ0n) is 15.2. The van der Waals surface area contributed by atoms with Gasteiger partial charge in [-0.2, -0.15) is 0 Å². The molecule has 8 nitrogen and oxygen atoms in total. The lowest BCUT2D eigenvalue weighted by molar-refractivity contribution is 0.167. The molecule has 0 saturated carbocycles. The van der Waals surface area contributed by atoms with E-state index < -0.39 is 6.09 Å². The van der Waals surface area contributed by atoms with Crippen LogP contribution in [0, 0.1) is 0 Å². The lowest BCUT2D eigenvalue weighted by Gasteiger charge is -2.15. The highest BCUT2D eigenvalue weighted by molar-refractivity contribution is 5.87. The molecule has 0 bridgehead atoms. The molecule has 0 fully saturated rings. The number of amides is 1. The molecule has 3 aromatic rings. The van der Waals surface area contributed by atoms with Crippen LogP contribution in [0.15, 0.2) is 47.3 Å². The van der Waals surface area contributed by atoms with Gasteiger partial charge in [-0.05, 0) is 25.1 Å². The summed E-state index contributed by atoms with van der Waals surface area (Å²) in [4.78, 5) is 29.6. The second-order valence-electron chi connectivity index (χ2n) is 5.48. The quantitative estimate of drug-likeness (QED) is 0.743. The average molecular weight is 369 g/mol. The van der Waals surface area contributed by atoms with Crippen LogP contribution < -0.4 is 20.3 Å². The molecule has 0 spiro atoms. The fraction of sp³-hybridized carbons (Fsp3) is 0.211. The Labute approximate surface area is 155 Å². The molecule has 0 atom stereocenters. The van der Waals surface area contributed by atoms with Crippen molar-refractivity contribution in [3.05, 3.63) is 52.8 Å². The topological polar surface area (TPSA) is 91.7 Å². The molecule has 2 aromatic carbocycles. The zero-order valence-corrected chi connectivity index (χ0v) is 15.2. The van der Waals surface area contributed by atoms with E-state index >= 15 is 0 Å². The van der Waals surface area contributed by atoms with Crippen LogP contribution in [0.4, 0.5) is 10.7 Å². The number of para-hydroxylation sites is 1. The Kier molecular flexibility index (Phi) is 5.25. The van der Waals surface area contributed by atoms with E-state index in [1.54, 1.807) is 43.3 Å². The summed E-state index contributed by atoms with van der Waals surface area (Å²) in [6.45, 7) is 1.88. The summed E-state index contributed by atoms with van der Waals surface area (Å²) in [5.74, 6) is 0.885. The molecule has 0 aliphatic heterocycles. The molecule has 1 N–H and O–H groups in total. The fourth-order valence-electron chi connectivity index (χ4n) is 2.67. The minimum absolute atomic E-state index is 0.0457. The Morgan fingerprint density at radius 1 is 1.11 bits per heavy atom. The summed E-state index contributed by atoms with van der Waals surface area (Å²) < 4.78 is 16.8. The highest BCUT2D eigenvalue weighted by Crippen LogP contribution is 2.31. The van der Waals surface area contributed by atoms with Crippen molar-refractivity contribution in [3.63, 3.8) is 0 Å². The second kappa shape index (κ2) is 7.77. The van der Waals surface area contributed by atoms with Gasteiger partial charge in [-0.15, -0.1) is 0 Å². The first-order valence-electron chi connectivity index (χ1n) is 8.27. The average Bonchev–Trinajstić information content (AvgIpc) is 2.68. The number of benzene rings is 2. The first-order valence-corrected chi connectivity index (χ1v) is 8.27. The first-order chi connectivity index (χ1) is 13.1. The number of nitrogens with one attached hydrogen (secondary N) is 1. The van der Waals surface area contributed by atoms with Crippen LogP contribution in [-0.4, -0.2) is 36.5 Å². The van der Waals surface area contributed by atoms with Gasteiger partial charge in [-0.3, -0.25) is 10.1 Å². The van der Waals surface area contributed by atoms with Gasteiger partial charge in [-0.1, -0.05) is 18.2 Å². The van der Waals surface area contributed by atoms with Crippen molar-refractivity contribution in [2.75, 3.05) is 26.1 Å². The lowest BCUT2D eigenvalue weighted by Crippen LogP contribution is -2.26. The minimum atomic E-state index is -0.700. The van der Waals surface area contributed by atoms with Gasteiger partial charge in [0.2, 0.25) is 5.95 Å². The van der Waals surface area contributed by atoms with Gasteiger partial charge in [0.15, 0.2) is 11.5 Å². The van der Waals surface area contributed by atoms with Crippen molar-refractivity contribution in [1.29, 1.82) is 0 Å². The summed E-state index contributed by atoms with van der Waals surface area (Å²) in [5, 5.41) is 2.85. The van der Waals surface area contributed by atoms with Crippen molar-refractivity contribution in [3.8, 4) is 17.2 Å². The predicted molar refractivity (Wildman–Crippen MR) is 101 cm³/mol. The molecule has 0 unspecified atom stereocenters. The largest absolute Gasteiger partial charge is 0.493 e. The number of rotatable bonds is 5. The zero-order chi connectivity index (χ0) is 19.4. The highest BCUT2D eigenvalue weighted by atomic mass is 16.5. The Balaban J connectivity index is 2.29. The molecule has 0 radical (unpaired) electrons. The molecule has 8 heteroatoms. The van der Waals surface area contributed by atoms with Crippen LogP contribution in [0.3, 0.4) is 0 Å². The molecule has 0 saturated heterocycles. The Bertz CT molecular complexity index is 1030. The van der Waals surface area contributed by atoms with E-state index in [-0.39, 0.29) is 18.1 Å².